The number of primary amides is 1. The van der Waals surface area contributed by atoms with Crippen LogP contribution in [0.4, 0.5) is 4.79 Å². The minimum atomic E-state index is -1.01. The highest BCUT2D eigenvalue weighted by atomic mass is 16.5. The number of hydrogen-bond acceptors (Lipinski definition) is 7. The Bertz CT molecular complexity index is 1350. The molecule has 9 heteroatoms. The van der Waals surface area contributed by atoms with Gasteiger partial charge in [0.25, 0.3) is 5.91 Å². The van der Waals surface area contributed by atoms with E-state index in [1.807, 2.05) is 47.8 Å². The molecule has 0 radical (unpaired) electrons. The standard InChI is InChI=1S/C26H25N3O6/c1-33-20-11-10-15(13-21(20)34-2)12-16-6-5-8-18-23(25(31)35-14-22(30)29-26(27)32)17-7-3-4-9-19(17)28-24(16)18/h3-4,7,9-13H,5-6,8,14H2,1-2H3,(H3,27,29,30,32)/b16-12+. The van der Waals surface area contributed by atoms with Crippen LogP contribution >= 0.6 is 0 Å². The van der Waals surface area contributed by atoms with Crippen LogP contribution in [0.2, 0.25) is 0 Å². The van der Waals surface area contributed by atoms with Crippen LogP contribution in [-0.2, 0) is 16.0 Å². The molecule has 0 fully saturated rings. The number of allylic oxidation sites excluding steroid dienone is 1. The molecule has 9 nitrogen and oxygen atoms in total. The Hall–Kier alpha value is -4.40. The minimum absolute atomic E-state index is 0.371. The van der Waals surface area contributed by atoms with Gasteiger partial charge in [-0.25, -0.2) is 14.6 Å². The van der Waals surface area contributed by atoms with Crippen molar-refractivity contribution in [3.8, 4) is 11.5 Å². The van der Waals surface area contributed by atoms with Gasteiger partial charge in [0.2, 0.25) is 0 Å². The van der Waals surface area contributed by atoms with Crippen LogP contribution in [0.1, 0.15) is 40.0 Å². The van der Waals surface area contributed by atoms with Gasteiger partial charge in [-0.3, -0.25) is 10.1 Å². The van der Waals surface area contributed by atoms with E-state index in [2.05, 4.69) is 0 Å². The topological polar surface area (TPSA) is 130 Å². The summed E-state index contributed by atoms with van der Waals surface area (Å²) in [5.41, 5.74) is 9.33. The second-order valence-electron chi connectivity index (χ2n) is 7.96. The molecular weight excluding hydrogens is 450 g/mol. The molecule has 4 rings (SSSR count). The van der Waals surface area contributed by atoms with Gasteiger partial charge in [-0.2, -0.15) is 0 Å². The summed E-state index contributed by atoms with van der Waals surface area (Å²) >= 11 is 0. The third kappa shape index (κ3) is 5.08. The molecule has 0 spiro atoms. The maximum Gasteiger partial charge on any atom is 0.339 e. The van der Waals surface area contributed by atoms with Crippen LogP contribution in [0.25, 0.3) is 22.6 Å². The molecule has 0 bridgehead atoms. The van der Waals surface area contributed by atoms with Gasteiger partial charge in [-0.15, -0.1) is 0 Å². The number of nitrogens with two attached hydrogens (primary N) is 1. The predicted molar refractivity (Wildman–Crippen MR) is 130 cm³/mol. The average molecular weight is 476 g/mol. The first-order chi connectivity index (χ1) is 16.9. The molecule has 1 aliphatic carbocycles. The van der Waals surface area contributed by atoms with Crippen molar-refractivity contribution >= 4 is 40.5 Å². The Morgan fingerprint density at radius 3 is 2.57 bits per heavy atom. The molecule has 1 aromatic heterocycles. The highest BCUT2D eigenvalue weighted by molar-refractivity contribution is 6.07. The van der Waals surface area contributed by atoms with Crippen molar-refractivity contribution in [1.29, 1.82) is 0 Å². The first-order valence-electron chi connectivity index (χ1n) is 11.0. The maximum atomic E-state index is 13.1. The van der Waals surface area contributed by atoms with E-state index in [4.69, 9.17) is 24.9 Å². The molecular formula is C26H25N3O6. The molecule has 0 unspecified atom stereocenters. The number of methoxy groups -OCH3 is 2. The molecule has 35 heavy (non-hydrogen) atoms. The lowest BCUT2D eigenvalue weighted by Crippen LogP contribution is -2.37. The summed E-state index contributed by atoms with van der Waals surface area (Å²) in [7, 11) is 3.17. The summed E-state index contributed by atoms with van der Waals surface area (Å²) in [6, 6.07) is 11.9. The number of fused-ring (bicyclic) bond motifs is 2. The summed E-state index contributed by atoms with van der Waals surface area (Å²) < 4.78 is 16.0. The Morgan fingerprint density at radius 2 is 1.83 bits per heavy atom. The van der Waals surface area contributed by atoms with Crippen LogP contribution in [0.5, 0.6) is 11.5 Å². The van der Waals surface area contributed by atoms with Gasteiger partial charge in [-0.1, -0.05) is 24.3 Å². The molecule has 0 saturated heterocycles. The van der Waals surface area contributed by atoms with Crippen LogP contribution in [0, 0.1) is 0 Å². The summed E-state index contributed by atoms with van der Waals surface area (Å²) in [6.45, 7) is -0.623. The summed E-state index contributed by atoms with van der Waals surface area (Å²) in [5.74, 6) is -0.213. The Kier molecular flexibility index (Phi) is 6.96. The summed E-state index contributed by atoms with van der Waals surface area (Å²) in [4.78, 5) is 40.7. The fourth-order valence-corrected chi connectivity index (χ4v) is 4.23. The number of carbonyl (C=O) groups excluding carboxylic acids is 3. The fraction of sp³-hybridized carbons (Fsp3) is 0.231. The average Bonchev–Trinajstić information content (AvgIpc) is 2.85. The van der Waals surface area contributed by atoms with Gasteiger partial charge in [0.05, 0.1) is 31.0 Å². The van der Waals surface area contributed by atoms with Crippen LogP contribution in [0.15, 0.2) is 42.5 Å². The zero-order chi connectivity index (χ0) is 24.9. The van der Waals surface area contributed by atoms with Crippen molar-refractivity contribution < 1.29 is 28.6 Å². The molecule has 1 heterocycles. The number of aromatic nitrogens is 1. The predicted octanol–water partition coefficient (Wildman–Crippen LogP) is 3.48. The SMILES string of the molecule is COc1ccc(/C=C2\CCCc3c2nc2ccccc2c3C(=O)OCC(=O)NC(N)=O)cc1OC. The minimum Gasteiger partial charge on any atom is -0.493 e. The molecule has 0 saturated carbocycles. The zero-order valence-corrected chi connectivity index (χ0v) is 19.4. The van der Waals surface area contributed by atoms with Crippen molar-refractivity contribution in [2.45, 2.75) is 19.3 Å². The van der Waals surface area contributed by atoms with Crippen molar-refractivity contribution in [2.24, 2.45) is 5.73 Å². The van der Waals surface area contributed by atoms with E-state index in [1.54, 1.807) is 20.3 Å². The molecule has 2 aromatic carbocycles. The number of amides is 3. The van der Waals surface area contributed by atoms with Gasteiger partial charge >= 0.3 is 12.0 Å². The quantitative estimate of drug-likeness (QED) is 0.522. The van der Waals surface area contributed by atoms with E-state index in [1.165, 1.54) is 0 Å². The number of carbonyl (C=O) groups is 3. The molecule has 3 amide bonds. The highest BCUT2D eigenvalue weighted by Gasteiger charge is 2.26. The van der Waals surface area contributed by atoms with Gasteiger partial charge in [0.15, 0.2) is 18.1 Å². The van der Waals surface area contributed by atoms with E-state index >= 15 is 0 Å². The third-order valence-electron chi connectivity index (χ3n) is 5.72. The van der Waals surface area contributed by atoms with Crippen LogP contribution in [0.3, 0.4) is 0 Å². The van der Waals surface area contributed by atoms with Gasteiger partial charge in [0, 0.05) is 5.39 Å². The number of ether oxygens (including phenoxy) is 3. The van der Waals surface area contributed by atoms with Gasteiger partial charge < -0.3 is 19.9 Å². The molecule has 0 aliphatic heterocycles. The number of esters is 1. The number of urea groups is 1. The maximum absolute atomic E-state index is 13.1. The first-order valence-corrected chi connectivity index (χ1v) is 11.0. The number of para-hydroxylation sites is 1. The van der Waals surface area contributed by atoms with Crippen molar-refractivity contribution in [2.75, 3.05) is 20.8 Å². The van der Waals surface area contributed by atoms with E-state index in [0.717, 1.165) is 35.2 Å². The number of nitrogens with one attached hydrogen (secondary N) is 1. The number of imide groups is 1. The molecule has 1 aliphatic rings. The lowest BCUT2D eigenvalue weighted by molar-refractivity contribution is -0.123. The molecule has 0 atom stereocenters. The van der Waals surface area contributed by atoms with Crippen molar-refractivity contribution in [3.63, 3.8) is 0 Å². The number of hydrogen-bond donors (Lipinski definition) is 2. The molecule has 180 valence electrons. The number of rotatable bonds is 6. The van der Waals surface area contributed by atoms with Crippen LogP contribution < -0.4 is 20.5 Å². The second kappa shape index (κ2) is 10.3. The van der Waals surface area contributed by atoms with Gasteiger partial charge in [0.1, 0.15) is 0 Å². The van der Waals surface area contributed by atoms with Crippen molar-refractivity contribution in [1.82, 2.24) is 10.3 Å². The van der Waals surface area contributed by atoms with E-state index in [-0.39, 0.29) is 0 Å². The Labute approximate surface area is 201 Å². The lowest BCUT2D eigenvalue weighted by Gasteiger charge is -2.22. The summed E-state index contributed by atoms with van der Waals surface area (Å²) in [6.07, 6.45) is 4.25. The highest BCUT2D eigenvalue weighted by Crippen LogP contribution is 2.37. The van der Waals surface area contributed by atoms with E-state index < -0.39 is 24.5 Å². The lowest BCUT2D eigenvalue weighted by atomic mass is 9.86. The second-order valence-corrected chi connectivity index (χ2v) is 7.96. The number of pyridine rings is 1. The zero-order valence-electron chi connectivity index (χ0n) is 19.4. The van der Waals surface area contributed by atoms with E-state index in [9.17, 15) is 14.4 Å². The monoisotopic (exact) mass is 475 g/mol. The number of nitrogens with zero attached hydrogens (tertiary/aromatic N) is 1. The summed E-state index contributed by atoms with van der Waals surface area (Å²) in [5, 5.41) is 2.52. The largest absolute Gasteiger partial charge is 0.493 e. The Morgan fingerprint density at radius 1 is 1.06 bits per heavy atom. The van der Waals surface area contributed by atoms with Crippen LogP contribution in [-0.4, -0.2) is 43.7 Å². The Balaban J connectivity index is 1.77. The molecule has 3 aromatic rings. The fourth-order valence-electron chi connectivity index (χ4n) is 4.23. The number of benzene rings is 2. The third-order valence-corrected chi connectivity index (χ3v) is 5.72. The smallest absolute Gasteiger partial charge is 0.339 e. The van der Waals surface area contributed by atoms with Crippen molar-refractivity contribution in [3.05, 3.63) is 64.8 Å². The van der Waals surface area contributed by atoms with E-state index in [0.29, 0.717) is 34.4 Å². The first kappa shape index (κ1) is 23.7. The van der Waals surface area contributed by atoms with Gasteiger partial charge in [-0.05, 0) is 60.2 Å². The molecule has 3 N–H and O–H groups in total. The normalized spacial score (nSPS) is 13.7.